The number of rotatable bonds is 1. The molecule has 3 aliphatic rings. The second-order valence-corrected chi connectivity index (χ2v) is 12.7. The van der Waals surface area contributed by atoms with Crippen molar-refractivity contribution < 1.29 is 0 Å². The van der Waals surface area contributed by atoms with E-state index in [0.29, 0.717) is 0 Å². The molecule has 0 aromatic heterocycles. The van der Waals surface area contributed by atoms with E-state index in [2.05, 4.69) is 91.0 Å². The number of benzene rings is 5. The van der Waals surface area contributed by atoms with E-state index in [1.54, 1.807) is 44.2 Å². The fraction of sp³-hybridized carbons (Fsp3) is 0.212. The molecule has 0 radical (unpaired) electrons. The lowest BCUT2D eigenvalue weighted by molar-refractivity contribution is 0.423. The van der Waals surface area contributed by atoms with Gasteiger partial charge in [0.2, 0.25) is 0 Å². The predicted octanol–water partition coefficient (Wildman–Crippen LogP) is 7.99. The highest BCUT2D eigenvalue weighted by atomic mass is 31.1. The van der Waals surface area contributed by atoms with Gasteiger partial charge in [0.25, 0.3) is 0 Å². The Labute approximate surface area is 202 Å². The fourth-order valence-corrected chi connectivity index (χ4v) is 9.92. The maximum absolute atomic E-state index is 2.50. The van der Waals surface area contributed by atoms with Gasteiger partial charge in [0.15, 0.2) is 0 Å². The summed E-state index contributed by atoms with van der Waals surface area (Å²) in [7, 11) is -0.307. The molecular weight excluding hydrogens is 427 g/mol. The Morgan fingerprint density at radius 1 is 0.500 bits per heavy atom. The molecule has 0 fully saturated rings. The van der Waals surface area contributed by atoms with Gasteiger partial charge in [-0.1, -0.05) is 98.9 Å². The zero-order valence-corrected chi connectivity index (χ0v) is 20.2. The Bertz CT molecular complexity index is 1510. The van der Waals surface area contributed by atoms with E-state index in [9.17, 15) is 0 Å². The van der Waals surface area contributed by atoms with Gasteiger partial charge in [-0.25, -0.2) is 0 Å². The molecule has 1 heterocycles. The zero-order valence-electron chi connectivity index (χ0n) is 19.4. The Morgan fingerprint density at radius 3 is 1.62 bits per heavy atom. The van der Waals surface area contributed by atoms with Gasteiger partial charge in [-0.15, -0.1) is 0 Å². The normalized spacial score (nSPS) is 18.0. The van der Waals surface area contributed by atoms with Crippen LogP contribution in [-0.2, 0) is 30.6 Å². The molecule has 0 saturated heterocycles. The van der Waals surface area contributed by atoms with Crippen molar-refractivity contribution in [2.24, 2.45) is 0 Å². The summed E-state index contributed by atoms with van der Waals surface area (Å²) in [6.45, 7) is 0. The molecule has 0 amide bonds. The van der Waals surface area contributed by atoms with Gasteiger partial charge in [0.05, 0.1) is 0 Å². The summed E-state index contributed by atoms with van der Waals surface area (Å²) in [6, 6.07) is 35.2. The van der Waals surface area contributed by atoms with E-state index in [0.717, 1.165) is 0 Å². The predicted molar refractivity (Wildman–Crippen MR) is 146 cm³/mol. The van der Waals surface area contributed by atoms with Crippen LogP contribution in [0.5, 0.6) is 0 Å². The van der Waals surface area contributed by atoms with Crippen LogP contribution in [0.1, 0.15) is 46.2 Å². The van der Waals surface area contributed by atoms with Gasteiger partial charge in [-0.2, -0.15) is 0 Å². The van der Waals surface area contributed by atoms with Crippen LogP contribution in [0, 0.1) is 0 Å². The van der Waals surface area contributed by atoms with Gasteiger partial charge in [0, 0.05) is 5.41 Å². The number of aryl methyl sites for hydroxylation is 2. The van der Waals surface area contributed by atoms with Crippen molar-refractivity contribution in [1.82, 2.24) is 0 Å². The van der Waals surface area contributed by atoms with Crippen molar-refractivity contribution >= 4 is 34.8 Å². The minimum Gasteiger partial charge on any atom is -0.0663 e. The van der Waals surface area contributed by atoms with E-state index in [1.165, 1.54) is 54.1 Å². The number of hydrogen-bond donors (Lipinski definition) is 0. The van der Waals surface area contributed by atoms with E-state index < -0.39 is 0 Å². The van der Waals surface area contributed by atoms with Crippen LogP contribution < -0.4 is 5.30 Å². The van der Waals surface area contributed by atoms with Gasteiger partial charge >= 0.3 is 0 Å². The van der Waals surface area contributed by atoms with Gasteiger partial charge in [0.1, 0.15) is 0 Å². The lowest BCUT2D eigenvalue weighted by atomic mass is 9.58. The quantitative estimate of drug-likeness (QED) is 0.225. The van der Waals surface area contributed by atoms with E-state index in [1.807, 2.05) is 0 Å². The highest BCUT2D eigenvalue weighted by molar-refractivity contribution is 7.64. The minimum absolute atomic E-state index is 0.157. The smallest absolute Gasteiger partial charge is 0.0227 e. The molecule has 0 unspecified atom stereocenters. The third-order valence-corrected chi connectivity index (χ3v) is 11.4. The van der Waals surface area contributed by atoms with Crippen LogP contribution in [0.25, 0.3) is 21.5 Å². The molecule has 2 aliphatic carbocycles. The van der Waals surface area contributed by atoms with Crippen LogP contribution in [0.15, 0.2) is 91.0 Å². The molecule has 1 heteroatoms. The first-order valence-electron chi connectivity index (χ1n) is 12.7. The standard InChI is InChI=1S/C33H27P/c1-2-10-28(11-3-1)34-20-26-14-12-22-6-4-8-24-16-18-33(31(26)29(22)24)19-17-25-9-5-7-23-13-15-27(21-34)32(33)30(23)25/h1-15H,16-21H2. The van der Waals surface area contributed by atoms with Crippen molar-refractivity contribution in [2.75, 3.05) is 0 Å². The second kappa shape index (κ2) is 7.03. The third-order valence-electron chi connectivity index (χ3n) is 8.88. The van der Waals surface area contributed by atoms with Crippen molar-refractivity contribution in [2.45, 2.75) is 43.4 Å². The Balaban J connectivity index is 1.53. The zero-order chi connectivity index (χ0) is 22.3. The summed E-state index contributed by atoms with van der Waals surface area (Å²) in [5.41, 5.74) is 9.92. The topological polar surface area (TPSA) is 0 Å². The molecule has 8 rings (SSSR count). The Morgan fingerprint density at radius 2 is 1.06 bits per heavy atom. The molecule has 0 bridgehead atoms. The third kappa shape index (κ3) is 2.53. The van der Waals surface area contributed by atoms with Crippen LogP contribution in [0.2, 0.25) is 0 Å². The molecule has 34 heavy (non-hydrogen) atoms. The molecular formula is C33H27P. The van der Waals surface area contributed by atoms with Crippen molar-refractivity contribution in [3.8, 4) is 0 Å². The molecule has 164 valence electrons. The maximum Gasteiger partial charge on any atom is 0.0227 e. The summed E-state index contributed by atoms with van der Waals surface area (Å²) in [5.74, 6) is 0. The van der Waals surface area contributed by atoms with Crippen LogP contribution in [-0.4, -0.2) is 0 Å². The van der Waals surface area contributed by atoms with E-state index in [-0.39, 0.29) is 13.3 Å². The largest absolute Gasteiger partial charge is 0.0663 e. The molecule has 0 saturated carbocycles. The maximum atomic E-state index is 2.50. The highest BCUT2D eigenvalue weighted by Crippen LogP contribution is 2.59. The summed E-state index contributed by atoms with van der Waals surface area (Å²) in [5, 5.41) is 7.58. The molecule has 0 N–H and O–H groups in total. The average Bonchev–Trinajstić information content (AvgIpc) is 2.88. The van der Waals surface area contributed by atoms with Crippen molar-refractivity contribution in [3.05, 3.63) is 124 Å². The van der Waals surface area contributed by atoms with Crippen LogP contribution in [0.3, 0.4) is 0 Å². The van der Waals surface area contributed by atoms with Crippen molar-refractivity contribution in [3.63, 3.8) is 0 Å². The van der Waals surface area contributed by atoms with Gasteiger partial charge in [-0.3, -0.25) is 0 Å². The summed E-state index contributed by atoms with van der Waals surface area (Å²) < 4.78 is 0. The number of hydrogen-bond acceptors (Lipinski definition) is 0. The van der Waals surface area contributed by atoms with Gasteiger partial charge < -0.3 is 0 Å². The molecule has 5 aromatic rings. The lowest BCUT2D eigenvalue weighted by Gasteiger charge is -2.47. The first kappa shape index (κ1) is 19.4. The lowest BCUT2D eigenvalue weighted by Crippen LogP contribution is -2.38. The van der Waals surface area contributed by atoms with Crippen LogP contribution >= 0.6 is 7.92 Å². The summed E-state index contributed by atoms with van der Waals surface area (Å²) in [6.07, 6.45) is 7.28. The first-order chi connectivity index (χ1) is 16.8. The first-order valence-corrected chi connectivity index (χ1v) is 14.4. The second-order valence-electron chi connectivity index (χ2n) is 10.5. The molecule has 1 spiro atoms. The average molecular weight is 455 g/mol. The summed E-state index contributed by atoms with van der Waals surface area (Å²) in [4.78, 5) is 0. The monoisotopic (exact) mass is 454 g/mol. The minimum atomic E-state index is -0.307. The van der Waals surface area contributed by atoms with E-state index in [4.69, 9.17) is 0 Å². The molecule has 1 aliphatic heterocycles. The van der Waals surface area contributed by atoms with Crippen molar-refractivity contribution in [1.29, 1.82) is 0 Å². The van der Waals surface area contributed by atoms with E-state index >= 15 is 0 Å². The van der Waals surface area contributed by atoms with Crippen LogP contribution in [0.4, 0.5) is 0 Å². The molecule has 0 atom stereocenters. The molecule has 5 aromatic carbocycles. The van der Waals surface area contributed by atoms with Gasteiger partial charge in [-0.05, 0) is 98.2 Å². The summed E-state index contributed by atoms with van der Waals surface area (Å²) >= 11 is 0. The SMILES string of the molecule is c1ccc(P2Cc3ccc4cccc5c4c3C3(CC5)CCc4cccc5ccc(c3c45)C2)cc1. The Hall–Kier alpha value is -2.95. The highest BCUT2D eigenvalue weighted by Gasteiger charge is 2.45. The fourth-order valence-electron chi connectivity index (χ4n) is 7.50. The Kier molecular flexibility index (Phi) is 4.01. The molecule has 0 nitrogen and oxygen atoms in total.